The summed E-state index contributed by atoms with van der Waals surface area (Å²) in [5.74, 6) is -2.41. The minimum Gasteiger partial charge on any atom is -0.462 e. The molecule has 1 rings (SSSR count). The summed E-state index contributed by atoms with van der Waals surface area (Å²) in [5, 5.41) is 2.63. The molecule has 0 amide bonds. The Balaban J connectivity index is 3.36. The fraction of sp³-hybridized carbons (Fsp3) is 0.286. The van der Waals surface area contributed by atoms with Gasteiger partial charge in [-0.2, -0.15) is 0 Å². The lowest BCUT2D eigenvalue weighted by atomic mass is 10.0. The zero-order valence-electron chi connectivity index (χ0n) is 11.4. The molecule has 0 unspecified atom stereocenters. The Hall–Kier alpha value is -1.88. The van der Waals surface area contributed by atoms with Crippen molar-refractivity contribution in [2.75, 3.05) is 13.7 Å². The fourth-order valence-electron chi connectivity index (χ4n) is 1.58. The van der Waals surface area contributed by atoms with Crippen LogP contribution in [0.3, 0.4) is 0 Å². The van der Waals surface area contributed by atoms with Crippen molar-refractivity contribution in [2.45, 2.75) is 13.8 Å². The van der Waals surface area contributed by atoms with E-state index in [0.717, 1.165) is 6.07 Å². The highest BCUT2D eigenvalue weighted by atomic mass is 35.5. The predicted molar refractivity (Wildman–Crippen MR) is 74.1 cm³/mol. The molecule has 0 saturated heterocycles. The van der Waals surface area contributed by atoms with Gasteiger partial charge in [0.15, 0.2) is 0 Å². The Kier molecular flexibility index (Phi) is 5.70. The van der Waals surface area contributed by atoms with Crippen molar-refractivity contribution in [3.05, 3.63) is 45.9 Å². The van der Waals surface area contributed by atoms with Crippen LogP contribution in [0, 0.1) is 5.82 Å². The van der Waals surface area contributed by atoms with Gasteiger partial charge in [-0.3, -0.25) is 4.79 Å². The number of hydrogen-bond donors (Lipinski definition) is 1. The fourth-order valence-corrected chi connectivity index (χ4v) is 1.83. The largest absolute Gasteiger partial charge is 0.462 e. The summed E-state index contributed by atoms with van der Waals surface area (Å²) in [6.07, 6.45) is 0. The van der Waals surface area contributed by atoms with E-state index in [0.29, 0.717) is 0 Å². The third-order valence-corrected chi connectivity index (χ3v) is 2.96. The minimum atomic E-state index is -0.816. The van der Waals surface area contributed by atoms with Gasteiger partial charge in [0.05, 0.1) is 17.2 Å². The Morgan fingerprint density at radius 3 is 2.55 bits per heavy atom. The average molecular weight is 300 g/mol. The normalized spacial score (nSPS) is 11.7. The monoisotopic (exact) mass is 299 g/mol. The Morgan fingerprint density at radius 1 is 1.40 bits per heavy atom. The standard InChI is InChI=1S/C14H15ClFNO3/c1-4-20-14(19)11(8(2)17-3)13(18)12-9(15)6-5-7-10(12)16/h5-7,17H,4H2,1-3H3/b11-8-. The third-order valence-electron chi connectivity index (χ3n) is 2.65. The van der Waals surface area contributed by atoms with Crippen molar-refractivity contribution in [3.63, 3.8) is 0 Å². The van der Waals surface area contributed by atoms with Crippen LogP contribution in [0.25, 0.3) is 0 Å². The molecule has 0 aliphatic heterocycles. The van der Waals surface area contributed by atoms with E-state index in [2.05, 4.69) is 5.32 Å². The summed E-state index contributed by atoms with van der Waals surface area (Å²) in [4.78, 5) is 24.3. The molecule has 1 aromatic carbocycles. The van der Waals surface area contributed by atoms with E-state index in [9.17, 15) is 14.0 Å². The number of halogens is 2. The molecule has 6 heteroatoms. The van der Waals surface area contributed by atoms with Crippen LogP contribution in [-0.4, -0.2) is 25.4 Å². The van der Waals surface area contributed by atoms with E-state index < -0.39 is 17.6 Å². The van der Waals surface area contributed by atoms with Crippen LogP contribution in [0.5, 0.6) is 0 Å². The number of rotatable bonds is 5. The molecule has 0 spiro atoms. The van der Waals surface area contributed by atoms with Crippen molar-refractivity contribution >= 4 is 23.4 Å². The number of hydrogen-bond acceptors (Lipinski definition) is 4. The molecular weight excluding hydrogens is 285 g/mol. The molecule has 0 aliphatic carbocycles. The number of Topliss-reactive ketones (excluding diaryl/α,β-unsaturated/α-hetero) is 1. The zero-order chi connectivity index (χ0) is 15.3. The second-order valence-electron chi connectivity index (χ2n) is 3.90. The van der Waals surface area contributed by atoms with Gasteiger partial charge in [-0.05, 0) is 26.0 Å². The average Bonchev–Trinajstić information content (AvgIpc) is 2.38. The summed E-state index contributed by atoms with van der Waals surface area (Å²) in [7, 11) is 1.55. The third kappa shape index (κ3) is 3.36. The van der Waals surface area contributed by atoms with Gasteiger partial charge in [0.1, 0.15) is 11.4 Å². The van der Waals surface area contributed by atoms with Crippen LogP contribution in [-0.2, 0) is 9.53 Å². The van der Waals surface area contributed by atoms with E-state index in [1.165, 1.54) is 19.1 Å². The maximum Gasteiger partial charge on any atom is 0.343 e. The number of ketones is 1. The molecule has 0 aliphatic rings. The van der Waals surface area contributed by atoms with Crippen LogP contribution in [0.4, 0.5) is 4.39 Å². The van der Waals surface area contributed by atoms with Crippen LogP contribution in [0.2, 0.25) is 5.02 Å². The first-order valence-corrected chi connectivity index (χ1v) is 6.36. The number of nitrogens with one attached hydrogen (secondary N) is 1. The number of ether oxygens (including phenoxy) is 1. The van der Waals surface area contributed by atoms with E-state index in [1.807, 2.05) is 0 Å². The second-order valence-corrected chi connectivity index (χ2v) is 4.30. The molecule has 0 heterocycles. The van der Waals surface area contributed by atoms with Gasteiger partial charge in [0.25, 0.3) is 0 Å². The highest BCUT2D eigenvalue weighted by Gasteiger charge is 2.27. The van der Waals surface area contributed by atoms with Crippen molar-refractivity contribution in [3.8, 4) is 0 Å². The summed E-state index contributed by atoms with van der Waals surface area (Å²) in [6.45, 7) is 3.25. The van der Waals surface area contributed by atoms with Crippen LogP contribution >= 0.6 is 11.6 Å². The molecule has 0 aromatic heterocycles. The summed E-state index contributed by atoms with van der Waals surface area (Å²) in [5.41, 5.74) is -0.319. The number of allylic oxidation sites excluding steroid dienone is 1. The van der Waals surface area contributed by atoms with Gasteiger partial charge in [-0.15, -0.1) is 0 Å². The molecule has 20 heavy (non-hydrogen) atoms. The lowest BCUT2D eigenvalue weighted by Gasteiger charge is -2.11. The van der Waals surface area contributed by atoms with Gasteiger partial charge in [0, 0.05) is 12.7 Å². The summed E-state index contributed by atoms with van der Waals surface area (Å²) < 4.78 is 18.6. The van der Waals surface area contributed by atoms with Gasteiger partial charge in [-0.1, -0.05) is 17.7 Å². The highest BCUT2D eigenvalue weighted by molar-refractivity contribution is 6.37. The summed E-state index contributed by atoms with van der Waals surface area (Å²) >= 11 is 5.84. The molecule has 1 N–H and O–H groups in total. The topological polar surface area (TPSA) is 55.4 Å². The molecule has 0 atom stereocenters. The first kappa shape index (κ1) is 16.2. The van der Waals surface area contributed by atoms with Crippen molar-refractivity contribution in [1.82, 2.24) is 5.32 Å². The molecule has 108 valence electrons. The lowest BCUT2D eigenvalue weighted by Crippen LogP contribution is -2.22. The molecular formula is C14H15ClFNO3. The van der Waals surface area contributed by atoms with Crippen molar-refractivity contribution in [2.24, 2.45) is 0 Å². The van der Waals surface area contributed by atoms with Crippen molar-refractivity contribution in [1.29, 1.82) is 0 Å². The van der Waals surface area contributed by atoms with Gasteiger partial charge >= 0.3 is 5.97 Å². The molecule has 0 radical (unpaired) electrons. The molecule has 0 fully saturated rings. The Morgan fingerprint density at radius 2 is 2.05 bits per heavy atom. The number of benzene rings is 1. The Bertz CT molecular complexity index is 549. The second kappa shape index (κ2) is 7.05. The maximum absolute atomic E-state index is 13.8. The molecule has 0 saturated carbocycles. The SMILES string of the molecule is CCOC(=O)/C(C(=O)c1c(F)cccc1Cl)=C(/C)NC. The first-order chi connectivity index (χ1) is 9.43. The molecule has 1 aromatic rings. The predicted octanol–water partition coefficient (Wildman–Crippen LogP) is 2.72. The zero-order valence-corrected chi connectivity index (χ0v) is 12.2. The number of carbonyl (C=O) groups is 2. The van der Waals surface area contributed by atoms with Crippen LogP contribution < -0.4 is 5.32 Å². The van der Waals surface area contributed by atoms with Gasteiger partial charge in [0.2, 0.25) is 5.78 Å². The molecule has 4 nitrogen and oxygen atoms in total. The van der Waals surface area contributed by atoms with E-state index in [4.69, 9.17) is 16.3 Å². The number of esters is 1. The van der Waals surface area contributed by atoms with Crippen molar-refractivity contribution < 1.29 is 18.7 Å². The highest BCUT2D eigenvalue weighted by Crippen LogP contribution is 2.23. The summed E-state index contributed by atoms with van der Waals surface area (Å²) in [6, 6.07) is 3.87. The minimum absolute atomic E-state index is 0.0549. The smallest absolute Gasteiger partial charge is 0.343 e. The maximum atomic E-state index is 13.8. The quantitative estimate of drug-likeness (QED) is 0.299. The number of carbonyl (C=O) groups excluding carboxylic acids is 2. The van der Waals surface area contributed by atoms with Gasteiger partial charge < -0.3 is 10.1 Å². The van der Waals surface area contributed by atoms with Crippen LogP contribution in [0.15, 0.2) is 29.5 Å². The lowest BCUT2D eigenvalue weighted by molar-refractivity contribution is -0.138. The first-order valence-electron chi connectivity index (χ1n) is 5.98. The Labute approximate surface area is 121 Å². The molecule has 0 bridgehead atoms. The van der Waals surface area contributed by atoms with E-state index in [-0.39, 0.29) is 28.5 Å². The van der Waals surface area contributed by atoms with E-state index >= 15 is 0 Å². The van der Waals surface area contributed by atoms with Gasteiger partial charge in [-0.25, -0.2) is 9.18 Å². The van der Waals surface area contributed by atoms with Crippen LogP contribution in [0.1, 0.15) is 24.2 Å². The van der Waals surface area contributed by atoms with E-state index in [1.54, 1.807) is 14.0 Å².